The average Bonchev–Trinajstić information content (AvgIpc) is 2.55. The summed E-state index contributed by atoms with van der Waals surface area (Å²) in [7, 11) is 1.52. The molecule has 0 amide bonds. The van der Waals surface area contributed by atoms with E-state index in [2.05, 4.69) is 5.32 Å². The lowest BCUT2D eigenvalue weighted by molar-refractivity contribution is -0.116. The molecule has 24 heavy (non-hydrogen) atoms. The van der Waals surface area contributed by atoms with E-state index in [4.69, 9.17) is 28.9 Å². The standard InChI is InChI=1S/C14H20ClFN2O5S/c1-18(5-10(20)12(22)13(23)11(21)6-19)14(24)17-7-2-3-9(16)8(15)4-7/h2-4,10-13,19-23H,5-6H2,1H3,(H,17,24)/t10-,11+,12+,13+/m0/s1. The Bertz CT molecular complexity index is 568. The van der Waals surface area contributed by atoms with Crippen molar-refractivity contribution < 1.29 is 29.9 Å². The van der Waals surface area contributed by atoms with E-state index in [0.29, 0.717) is 5.69 Å². The number of rotatable bonds is 7. The maximum absolute atomic E-state index is 13.1. The first-order valence-corrected chi connectivity index (χ1v) is 7.76. The highest BCUT2D eigenvalue weighted by molar-refractivity contribution is 7.80. The van der Waals surface area contributed by atoms with Gasteiger partial charge in [0.1, 0.15) is 30.2 Å². The third kappa shape index (κ3) is 5.78. The SMILES string of the molecule is CN(C[C@H](O)[C@@H](O)[C@H](O)[C@H](O)CO)C(=S)Nc1ccc(F)c(Cl)c1. The molecule has 0 aliphatic carbocycles. The van der Waals surface area contributed by atoms with Gasteiger partial charge in [-0.05, 0) is 30.4 Å². The van der Waals surface area contributed by atoms with Crippen LogP contribution in [0, 0.1) is 5.82 Å². The first-order chi connectivity index (χ1) is 11.2. The second kappa shape index (κ2) is 9.42. The van der Waals surface area contributed by atoms with E-state index < -0.39 is 36.8 Å². The van der Waals surface area contributed by atoms with Crippen molar-refractivity contribution in [2.24, 2.45) is 0 Å². The summed E-state index contributed by atoms with van der Waals surface area (Å²) in [5.74, 6) is -0.573. The van der Waals surface area contributed by atoms with Crippen molar-refractivity contribution in [3.05, 3.63) is 29.0 Å². The number of anilines is 1. The Morgan fingerprint density at radius 1 is 1.25 bits per heavy atom. The largest absolute Gasteiger partial charge is 0.394 e. The quantitative estimate of drug-likeness (QED) is 0.351. The maximum atomic E-state index is 13.1. The van der Waals surface area contributed by atoms with E-state index in [-0.39, 0.29) is 16.7 Å². The van der Waals surface area contributed by atoms with Crippen LogP contribution in [-0.4, -0.2) is 80.2 Å². The van der Waals surface area contributed by atoms with E-state index >= 15 is 0 Å². The van der Waals surface area contributed by atoms with Crippen molar-refractivity contribution >= 4 is 34.6 Å². The molecule has 0 aliphatic rings. The molecule has 0 saturated carbocycles. The summed E-state index contributed by atoms with van der Waals surface area (Å²) in [4.78, 5) is 1.37. The molecule has 0 bridgehead atoms. The number of benzene rings is 1. The summed E-state index contributed by atoms with van der Waals surface area (Å²) in [5.41, 5.74) is 0.434. The van der Waals surface area contributed by atoms with Gasteiger partial charge in [0.15, 0.2) is 5.11 Å². The summed E-state index contributed by atoms with van der Waals surface area (Å²) < 4.78 is 13.1. The van der Waals surface area contributed by atoms with E-state index in [0.717, 1.165) is 0 Å². The summed E-state index contributed by atoms with van der Waals surface area (Å²) in [6.07, 6.45) is -6.41. The van der Waals surface area contributed by atoms with Gasteiger partial charge in [-0.2, -0.15) is 0 Å². The molecule has 4 atom stereocenters. The highest BCUT2D eigenvalue weighted by Crippen LogP contribution is 2.19. The summed E-state index contributed by atoms with van der Waals surface area (Å²) in [5, 5.41) is 50.1. The third-order valence-electron chi connectivity index (χ3n) is 3.30. The smallest absolute Gasteiger partial charge is 0.173 e. The van der Waals surface area contributed by atoms with Crippen LogP contribution in [0.3, 0.4) is 0 Å². The molecule has 0 heterocycles. The molecule has 1 rings (SSSR count). The Labute approximate surface area is 148 Å². The van der Waals surface area contributed by atoms with Gasteiger partial charge in [0.2, 0.25) is 0 Å². The minimum Gasteiger partial charge on any atom is -0.394 e. The van der Waals surface area contributed by atoms with E-state index in [9.17, 15) is 24.8 Å². The van der Waals surface area contributed by atoms with Crippen molar-refractivity contribution in [2.45, 2.75) is 24.4 Å². The summed E-state index contributed by atoms with van der Waals surface area (Å²) in [6.45, 7) is -0.927. The van der Waals surface area contributed by atoms with Crippen LogP contribution in [0.25, 0.3) is 0 Å². The van der Waals surface area contributed by atoms with Gasteiger partial charge >= 0.3 is 0 Å². The first kappa shape index (κ1) is 21.0. The van der Waals surface area contributed by atoms with E-state index in [1.165, 1.54) is 30.1 Å². The monoisotopic (exact) mass is 382 g/mol. The second-order valence-electron chi connectivity index (χ2n) is 5.24. The van der Waals surface area contributed by atoms with Gasteiger partial charge in [0.05, 0.1) is 11.6 Å². The summed E-state index contributed by atoms with van der Waals surface area (Å²) in [6, 6.07) is 3.93. The van der Waals surface area contributed by atoms with Gasteiger partial charge in [0.25, 0.3) is 0 Å². The molecule has 1 aromatic carbocycles. The van der Waals surface area contributed by atoms with Crippen LogP contribution in [0.4, 0.5) is 10.1 Å². The highest BCUT2D eigenvalue weighted by Gasteiger charge is 2.30. The van der Waals surface area contributed by atoms with Crippen molar-refractivity contribution in [3.8, 4) is 0 Å². The Kier molecular flexibility index (Phi) is 8.23. The maximum Gasteiger partial charge on any atom is 0.173 e. The van der Waals surface area contributed by atoms with Gasteiger partial charge in [-0.25, -0.2) is 4.39 Å². The molecule has 7 nitrogen and oxygen atoms in total. The minimum atomic E-state index is -1.71. The predicted molar refractivity (Wildman–Crippen MR) is 91.4 cm³/mol. The van der Waals surface area contributed by atoms with Gasteiger partial charge in [-0.15, -0.1) is 0 Å². The molecule has 6 N–H and O–H groups in total. The fourth-order valence-corrected chi connectivity index (χ4v) is 2.20. The topological polar surface area (TPSA) is 116 Å². The van der Waals surface area contributed by atoms with E-state index in [1.807, 2.05) is 0 Å². The van der Waals surface area contributed by atoms with Gasteiger partial charge in [-0.1, -0.05) is 11.6 Å². The second-order valence-corrected chi connectivity index (χ2v) is 6.03. The molecule has 0 radical (unpaired) electrons. The zero-order chi connectivity index (χ0) is 18.4. The number of hydrogen-bond donors (Lipinski definition) is 6. The number of nitrogens with zero attached hydrogens (tertiary/aromatic N) is 1. The lowest BCUT2D eigenvalue weighted by Crippen LogP contribution is -2.50. The van der Waals surface area contributed by atoms with E-state index in [1.54, 1.807) is 0 Å². The molecular formula is C14H20ClFN2O5S. The van der Waals surface area contributed by atoms with Crippen LogP contribution in [0.2, 0.25) is 5.02 Å². The van der Waals surface area contributed by atoms with Gasteiger partial charge < -0.3 is 35.7 Å². The van der Waals surface area contributed by atoms with Crippen molar-refractivity contribution in [2.75, 3.05) is 25.5 Å². The molecule has 1 aromatic rings. The molecular weight excluding hydrogens is 363 g/mol. The molecule has 0 aromatic heterocycles. The zero-order valence-electron chi connectivity index (χ0n) is 12.8. The van der Waals surface area contributed by atoms with Crippen LogP contribution in [0.15, 0.2) is 18.2 Å². The average molecular weight is 383 g/mol. The molecule has 0 spiro atoms. The van der Waals surface area contributed by atoms with Crippen molar-refractivity contribution in [1.29, 1.82) is 0 Å². The fraction of sp³-hybridized carbons (Fsp3) is 0.500. The van der Waals surface area contributed by atoms with Crippen molar-refractivity contribution in [3.63, 3.8) is 0 Å². The number of aliphatic hydroxyl groups excluding tert-OH is 5. The van der Waals surface area contributed by atoms with Crippen LogP contribution in [-0.2, 0) is 0 Å². The number of nitrogens with one attached hydrogen (secondary N) is 1. The number of halogens is 2. The molecule has 0 unspecified atom stereocenters. The van der Waals surface area contributed by atoms with Crippen LogP contribution >= 0.6 is 23.8 Å². The summed E-state index contributed by atoms with van der Waals surface area (Å²) >= 11 is 10.8. The fourth-order valence-electron chi connectivity index (χ4n) is 1.83. The number of aliphatic hydroxyl groups is 5. The number of likely N-dealkylation sites (N-methyl/N-ethyl adjacent to an activating group) is 1. The minimum absolute atomic E-state index is 0.0815. The molecule has 136 valence electrons. The Morgan fingerprint density at radius 2 is 1.83 bits per heavy atom. The van der Waals surface area contributed by atoms with Gasteiger partial charge in [-0.3, -0.25) is 0 Å². The van der Waals surface area contributed by atoms with Crippen LogP contribution in [0.5, 0.6) is 0 Å². The predicted octanol–water partition coefficient (Wildman–Crippen LogP) is -0.456. The van der Waals surface area contributed by atoms with Crippen LogP contribution in [0.1, 0.15) is 0 Å². The molecule has 0 aliphatic heterocycles. The normalized spacial score (nSPS) is 16.2. The number of thiocarbonyl (C=S) groups is 1. The Morgan fingerprint density at radius 3 is 2.38 bits per heavy atom. The Balaban J connectivity index is 2.60. The first-order valence-electron chi connectivity index (χ1n) is 6.97. The third-order valence-corrected chi connectivity index (χ3v) is 4.01. The Hall–Kier alpha value is -1.07. The van der Waals surface area contributed by atoms with Crippen molar-refractivity contribution in [1.82, 2.24) is 4.90 Å². The lowest BCUT2D eigenvalue weighted by atomic mass is 10.0. The molecule has 0 saturated heterocycles. The van der Waals surface area contributed by atoms with Gasteiger partial charge in [0, 0.05) is 19.3 Å². The molecule has 0 fully saturated rings. The van der Waals surface area contributed by atoms with Crippen LogP contribution < -0.4 is 5.32 Å². The molecule has 10 heteroatoms. The highest BCUT2D eigenvalue weighted by atomic mass is 35.5. The lowest BCUT2D eigenvalue weighted by Gasteiger charge is -2.29. The number of hydrogen-bond acceptors (Lipinski definition) is 6. The zero-order valence-corrected chi connectivity index (χ0v) is 14.4.